The maximum atomic E-state index is 12.9. The van der Waals surface area contributed by atoms with Crippen LogP contribution in [-0.4, -0.2) is 25.5 Å². The molecule has 2 aliphatic rings. The number of hydrogen-bond acceptors (Lipinski definition) is 2. The van der Waals surface area contributed by atoms with E-state index in [-0.39, 0.29) is 11.3 Å². The molecule has 1 aromatic rings. The van der Waals surface area contributed by atoms with E-state index in [1.54, 1.807) is 6.07 Å². The molecule has 1 aromatic carbocycles. The van der Waals surface area contributed by atoms with E-state index >= 15 is 0 Å². The smallest absolute Gasteiger partial charge is 0.230 e. The van der Waals surface area contributed by atoms with Crippen molar-refractivity contribution in [2.24, 2.45) is 5.41 Å². The minimum Gasteiger partial charge on any atom is -0.355 e. The SMILES string of the molecule is CC1(CNC(=O)C2(c3ccc(Cl)c(Cl)c3)CCC2)CCNCC1. The van der Waals surface area contributed by atoms with Crippen molar-refractivity contribution in [3.05, 3.63) is 33.8 Å². The van der Waals surface area contributed by atoms with E-state index in [1.165, 1.54) is 0 Å². The molecule has 1 aliphatic heterocycles. The Kier molecular flexibility index (Phi) is 4.91. The van der Waals surface area contributed by atoms with Crippen molar-refractivity contribution in [3.63, 3.8) is 0 Å². The van der Waals surface area contributed by atoms with Crippen LogP contribution in [0.15, 0.2) is 18.2 Å². The Hall–Kier alpha value is -0.770. The summed E-state index contributed by atoms with van der Waals surface area (Å²) in [5.41, 5.74) is 0.771. The molecule has 1 saturated heterocycles. The minimum absolute atomic E-state index is 0.141. The predicted octanol–water partition coefficient (Wildman–Crippen LogP) is 3.92. The number of benzene rings is 1. The lowest BCUT2D eigenvalue weighted by Gasteiger charge is -2.42. The number of carbonyl (C=O) groups is 1. The van der Waals surface area contributed by atoms with Gasteiger partial charge >= 0.3 is 0 Å². The van der Waals surface area contributed by atoms with Crippen LogP contribution in [-0.2, 0) is 10.2 Å². The van der Waals surface area contributed by atoms with E-state index in [0.717, 1.165) is 57.3 Å². The number of nitrogens with one attached hydrogen (secondary N) is 2. The minimum atomic E-state index is -0.419. The molecule has 3 rings (SSSR count). The Morgan fingerprint density at radius 2 is 1.87 bits per heavy atom. The molecule has 1 heterocycles. The number of rotatable bonds is 4. The molecule has 1 saturated carbocycles. The fourth-order valence-corrected chi connectivity index (χ4v) is 3.94. The molecule has 0 spiro atoms. The Balaban J connectivity index is 1.72. The molecule has 0 radical (unpaired) electrons. The molecule has 2 fully saturated rings. The Morgan fingerprint density at radius 1 is 1.17 bits per heavy atom. The highest BCUT2D eigenvalue weighted by atomic mass is 35.5. The first-order chi connectivity index (χ1) is 11.0. The third-order valence-corrected chi connectivity index (χ3v) is 6.34. The van der Waals surface area contributed by atoms with Gasteiger partial charge in [0.25, 0.3) is 0 Å². The molecule has 3 nitrogen and oxygen atoms in total. The van der Waals surface area contributed by atoms with Crippen LogP contribution in [0.4, 0.5) is 0 Å². The summed E-state index contributed by atoms with van der Waals surface area (Å²) in [4.78, 5) is 12.9. The van der Waals surface area contributed by atoms with Gasteiger partial charge in [0.05, 0.1) is 15.5 Å². The van der Waals surface area contributed by atoms with Crippen LogP contribution in [0.1, 0.15) is 44.6 Å². The van der Waals surface area contributed by atoms with Crippen molar-refractivity contribution in [2.75, 3.05) is 19.6 Å². The molecule has 1 aliphatic carbocycles. The summed E-state index contributed by atoms with van der Waals surface area (Å²) in [6.45, 7) is 5.08. The highest BCUT2D eigenvalue weighted by Crippen LogP contribution is 2.45. The van der Waals surface area contributed by atoms with Crippen LogP contribution in [0.5, 0.6) is 0 Å². The molecule has 0 aromatic heterocycles. The summed E-state index contributed by atoms with van der Waals surface area (Å²) in [5, 5.41) is 7.66. The van der Waals surface area contributed by atoms with Gasteiger partial charge in [-0.25, -0.2) is 0 Å². The highest BCUT2D eigenvalue weighted by Gasteiger charge is 2.46. The topological polar surface area (TPSA) is 41.1 Å². The summed E-state index contributed by atoms with van der Waals surface area (Å²) in [5.74, 6) is 0.141. The van der Waals surface area contributed by atoms with E-state index in [9.17, 15) is 4.79 Å². The van der Waals surface area contributed by atoms with Gasteiger partial charge in [-0.05, 0) is 61.9 Å². The van der Waals surface area contributed by atoms with Gasteiger partial charge in [0.2, 0.25) is 5.91 Å². The van der Waals surface area contributed by atoms with Gasteiger partial charge in [-0.15, -0.1) is 0 Å². The number of piperidine rings is 1. The van der Waals surface area contributed by atoms with Gasteiger partial charge in [-0.3, -0.25) is 4.79 Å². The van der Waals surface area contributed by atoms with Crippen LogP contribution in [0.2, 0.25) is 10.0 Å². The molecule has 126 valence electrons. The van der Waals surface area contributed by atoms with Crippen molar-refractivity contribution in [1.82, 2.24) is 10.6 Å². The molecule has 0 bridgehead atoms. The van der Waals surface area contributed by atoms with Gasteiger partial charge in [-0.1, -0.05) is 42.6 Å². The first kappa shape index (κ1) is 17.1. The van der Waals surface area contributed by atoms with Crippen molar-refractivity contribution in [1.29, 1.82) is 0 Å². The molecule has 0 atom stereocenters. The number of halogens is 2. The molecule has 23 heavy (non-hydrogen) atoms. The Morgan fingerprint density at radius 3 is 2.43 bits per heavy atom. The quantitative estimate of drug-likeness (QED) is 0.860. The van der Waals surface area contributed by atoms with Gasteiger partial charge in [-0.2, -0.15) is 0 Å². The zero-order valence-corrected chi connectivity index (χ0v) is 15.1. The lowest BCUT2D eigenvalue weighted by atomic mass is 9.63. The van der Waals surface area contributed by atoms with E-state index < -0.39 is 5.41 Å². The second kappa shape index (κ2) is 6.62. The van der Waals surface area contributed by atoms with Gasteiger partial charge in [0, 0.05) is 6.54 Å². The van der Waals surface area contributed by atoms with Gasteiger partial charge in [0.15, 0.2) is 0 Å². The summed E-state index contributed by atoms with van der Waals surface area (Å²) < 4.78 is 0. The van der Waals surface area contributed by atoms with E-state index in [0.29, 0.717) is 10.0 Å². The maximum absolute atomic E-state index is 12.9. The van der Waals surface area contributed by atoms with E-state index in [1.807, 2.05) is 12.1 Å². The average Bonchev–Trinajstić information content (AvgIpc) is 2.48. The van der Waals surface area contributed by atoms with Crippen LogP contribution in [0.3, 0.4) is 0 Å². The summed E-state index contributed by atoms with van der Waals surface area (Å²) in [6.07, 6.45) is 5.05. The largest absolute Gasteiger partial charge is 0.355 e. The summed E-state index contributed by atoms with van der Waals surface area (Å²) in [7, 11) is 0. The highest BCUT2D eigenvalue weighted by molar-refractivity contribution is 6.42. The van der Waals surface area contributed by atoms with Crippen molar-refractivity contribution in [2.45, 2.75) is 44.4 Å². The standard InChI is InChI=1S/C18H24Cl2N2O/c1-17(7-9-21-10-8-17)12-22-16(23)18(5-2-6-18)13-3-4-14(19)15(20)11-13/h3-4,11,21H,2,5-10,12H2,1H3,(H,22,23). The van der Waals surface area contributed by atoms with Crippen LogP contribution in [0, 0.1) is 5.41 Å². The van der Waals surface area contributed by atoms with Crippen LogP contribution < -0.4 is 10.6 Å². The molecule has 0 unspecified atom stereocenters. The third-order valence-electron chi connectivity index (χ3n) is 5.60. The molecular formula is C18H24Cl2N2O. The molecule has 1 amide bonds. The van der Waals surface area contributed by atoms with Crippen LogP contribution >= 0.6 is 23.2 Å². The monoisotopic (exact) mass is 354 g/mol. The number of amides is 1. The predicted molar refractivity (Wildman–Crippen MR) is 95.2 cm³/mol. The first-order valence-corrected chi connectivity index (χ1v) is 9.15. The van der Waals surface area contributed by atoms with Crippen molar-refractivity contribution in [3.8, 4) is 0 Å². The van der Waals surface area contributed by atoms with Crippen molar-refractivity contribution >= 4 is 29.1 Å². The fraction of sp³-hybridized carbons (Fsp3) is 0.611. The molecule has 5 heteroatoms. The lowest BCUT2D eigenvalue weighted by Crippen LogP contribution is -2.52. The average molecular weight is 355 g/mol. The number of hydrogen-bond donors (Lipinski definition) is 2. The number of carbonyl (C=O) groups excluding carboxylic acids is 1. The van der Waals surface area contributed by atoms with Crippen molar-refractivity contribution < 1.29 is 4.79 Å². The zero-order valence-electron chi connectivity index (χ0n) is 13.6. The normalized spacial score (nSPS) is 22.2. The first-order valence-electron chi connectivity index (χ1n) is 8.40. The van der Waals surface area contributed by atoms with Gasteiger partial charge in [0.1, 0.15) is 0 Å². The molecular weight excluding hydrogens is 331 g/mol. The van der Waals surface area contributed by atoms with E-state index in [4.69, 9.17) is 23.2 Å². The second-order valence-electron chi connectivity index (χ2n) is 7.31. The maximum Gasteiger partial charge on any atom is 0.230 e. The summed E-state index contributed by atoms with van der Waals surface area (Å²) >= 11 is 12.2. The lowest BCUT2D eigenvalue weighted by molar-refractivity contribution is -0.130. The van der Waals surface area contributed by atoms with Gasteiger partial charge < -0.3 is 10.6 Å². The third kappa shape index (κ3) is 3.38. The second-order valence-corrected chi connectivity index (χ2v) is 8.12. The molecule has 2 N–H and O–H groups in total. The summed E-state index contributed by atoms with van der Waals surface area (Å²) in [6, 6.07) is 5.59. The fourth-order valence-electron chi connectivity index (χ4n) is 3.64. The zero-order chi connectivity index (χ0) is 16.5. The Bertz CT molecular complexity index is 593. The van der Waals surface area contributed by atoms with E-state index in [2.05, 4.69) is 17.6 Å². The Labute approximate surface area is 148 Å². The van der Waals surface area contributed by atoms with Crippen LogP contribution in [0.25, 0.3) is 0 Å².